The number of hydrogen-bond donors (Lipinski definition) is 1. The Bertz CT molecular complexity index is 1280. The highest BCUT2D eigenvalue weighted by Crippen LogP contribution is 2.31. The van der Waals surface area contributed by atoms with E-state index in [1.165, 1.54) is 23.4 Å². The molecule has 0 spiro atoms. The average Bonchev–Trinajstić information content (AvgIpc) is 3.12. The van der Waals surface area contributed by atoms with Gasteiger partial charge in [0, 0.05) is 10.9 Å². The lowest BCUT2D eigenvalue weighted by molar-refractivity contribution is -0.139. The molecule has 0 saturated carbocycles. The van der Waals surface area contributed by atoms with Crippen LogP contribution in [0.1, 0.15) is 6.92 Å². The normalized spacial score (nSPS) is 12.2. The van der Waals surface area contributed by atoms with Crippen LogP contribution in [0.3, 0.4) is 0 Å². The lowest BCUT2D eigenvalue weighted by Gasteiger charge is -2.16. The molecule has 0 aliphatic heterocycles. The number of carbonyl (C=O) groups excluding carboxylic acids is 1. The lowest BCUT2D eigenvalue weighted by Crippen LogP contribution is -2.24. The maximum Gasteiger partial charge on any atom is 0.318 e. The molecular weight excluding hydrogens is 390 g/mol. The first-order valence-electron chi connectivity index (χ1n) is 8.96. The highest BCUT2D eigenvalue weighted by atomic mass is 32.2. The van der Waals surface area contributed by atoms with E-state index in [1.807, 2.05) is 36.4 Å². The molecule has 7 nitrogen and oxygen atoms in total. The second-order valence-electron chi connectivity index (χ2n) is 6.38. The van der Waals surface area contributed by atoms with Crippen molar-refractivity contribution in [3.8, 4) is 11.4 Å². The molecule has 4 aromatic rings. The number of aromatic nitrogens is 3. The summed E-state index contributed by atoms with van der Waals surface area (Å²) in [6, 6.07) is 14.8. The van der Waals surface area contributed by atoms with Gasteiger partial charge < -0.3 is 14.5 Å². The molecule has 29 heavy (non-hydrogen) atoms. The predicted octanol–water partition coefficient (Wildman–Crippen LogP) is 3.53. The quantitative estimate of drug-likeness (QED) is 0.308. The smallest absolute Gasteiger partial charge is 0.318 e. The topological polar surface area (TPSA) is 86.2 Å². The summed E-state index contributed by atoms with van der Waals surface area (Å²) in [7, 11) is 2.88. The second kappa shape index (κ2) is 7.63. The minimum absolute atomic E-state index is 0.268. The van der Waals surface area contributed by atoms with E-state index in [0.717, 1.165) is 10.9 Å². The molecule has 8 heteroatoms. The summed E-state index contributed by atoms with van der Waals surface area (Å²) in [6.45, 7) is 1.72. The Kier molecular flexibility index (Phi) is 5.02. The SMILES string of the molecule is COC(=O)[C@@H](C)Sc1nc2c([nH]c3ccccc32)c(=O)n1-c1ccccc1OC. The van der Waals surface area contributed by atoms with E-state index in [9.17, 15) is 9.59 Å². The summed E-state index contributed by atoms with van der Waals surface area (Å²) in [6.07, 6.45) is 0. The van der Waals surface area contributed by atoms with Crippen LogP contribution in [0.4, 0.5) is 0 Å². The van der Waals surface area contributed by atoms with Gasteiger partial charge in [-0.05, 0) is 25.1 Å². The van der Waals surface area contributed by atoms with Crippen molar-refractivity contribution >= 4 is 39.7 Å². The number of para-hydroxylation sites is 3. The number of thioether (sulfide) groups is 1. The Hall–Kier alpha value is -3.26. The summed E-state index contributed by atoms with van der Waals surface area (Å²) in [4.78, 5) is 33.5. The van der Waals surface area contributed by atoms with Crippen LogP contribution in [0, 0.1) is 0 Å². The molecule has 2 aromatic heterocycles. The molecule has 0 saturated heterocycles. The summed E-state index contributed by atoms with van der Waals surface area (Å²) in [5.41, 5.74) is 2.06. The molecule has 4 rings (SSSR count). The van der Waals surface area contributed by atoms with Gasteiger partial charge in [-0.15, -0.1) is 0 Å². The van der Waals surface area contributed by atoms with E-state index >= 15 is 0 Å². The van der Waals surface area contributed by atoms with E-state index in [-0.39, 0.29) is 5.56 Å². The fourth-order valence-corrected chi connectivity index (χ4v) is 4.16. The fraction of sp³-hybridized carbons (Fsp3) is 0.190. The number of hydrogen-bond acceptors (Lipinski definition) is 6. The van der Waals surface area contributed by atoms with Gasteiger partial charge in [0.25, 0.3) is 5.56 Å². The van der Waals surface area contributed by atoms with E-state index < -0.39 is 11.2 Å². The molecular formula is C21H19N3O4S. The molecule has 0 bridgehead atoms. The Morgan fingerprint density at radius 1 is 1.14 bits per heavy atom. The Labute approximate surface area is 170 Å². The van der Waals surface area contributed by atoms with Crippen molar-refractivity contribution in [3.63, 3.8) is 0 Å². The highest BCUT2D eigenvalue weighted by molar-refractivity contribution is 8.00. The minimum Gasteiger partial charge on any atom is -0.495 e. The van der Waals surface area contributed by atoms with E-state index in [2.05, 4.69) is 4.98 Å². The number of benzene rings is 2. The number of rotatable bonds is 5. The van der Waals surface area contributed by atoms with Crippen LogP contribution in [0.25, 0.3) is 27.6 Å². The van der Waals surface area contributed by atoms with Crippen LogP contribution in [0.2, 0.25) is 0 Å². The Morgan fingerprint density at radius 2 is 1.86 bits per heavy atom. The first-order chi connectivity index (χ1) is 14.0. The van der Waals surface area contributed by atoms with Gasteiger partial charge in [0.2, 0.25) is 0 Å². The predicted molar refractivity (Wildman–Crippen MR) is 113 cm³/mol. The van der Waals surface area contributed by atoms with E-state index in [0.29, 0.717) is 27.6 Å². The van der Waals surface area contributed by atoms with Crippen molar-refractivity contribution in [1.82, 2.24) is 14.5 Å². The summed E-state index contributed by atoms with van der Waals surface area (Å²) in [5, 5.41) is 0.685. The lowest BCUT2D eigenvalue weighted by atomic mass is 10.2. The van der Waals surface area contributed by atoms with E-state index in [1.54, 1.807) is 26.2 Å². The van der Waals surface area contributed by atoms with Gasteiger partial charge in [-0.2, -0.15) is 0 Å². The van der Waals surface area contributed by atoms with Gasteiger partial charge in [0.15, 0.2) is 5.16 Å². The Balaban J connectivity index is 2.04. The molecule has 1 N–H and O–H groups in total. The number of fused-ring (bicyclic) bond motifs is 3. The zero-order valence-corrected chi connectivity index (χ0v) is 16.9. The van der Waals surface area contributed by atoms with Gasteiger partial charge in [-0.1, -0.05) is 42.1 Å². The molecule has 0 radical (unpaired) electrons. The number of aromatic amines is 1. The third kappa shape index (κ3) is 3.25. The Morgan fingerprint density at radius 3 is 2.62 bits per heavy atom. The molecule has 1 atom stereocenters. The first-order valence-corrected chi connectivity index (χ1v) is 9.84. The van der Waals surface area contributed by atoms with Crippen molar-refractivity contribution in [2.45, 2.75) is 17.3 Å². The number of carbonyl (C=O) groups is 1. The van der Waals surface area contributed by atoms with Crippen LogP contribution >= 0.6 is 11.8 Å². The molecule has 0 unspecified atom stereocenters. The van der Waals surface area contributed by atoms with Crippen LogP contribution < -0.4 is 10.3 Å². The number of nitrogens with zero attached hydrogens (tertiary/aromatic N) is 2. The number of esters is 1. The van der Waals surface area contributed by atoms with Crippen LogP contribution in [-0.4, -0.2) is 40.0 Å². The zero-order chi connectivity index (χ0) is 20.5. The molecule has 0 amide bonds. The number of H-pyrrole nitrogens is 1. The highest BCUT2D eigenvalue weighted by Gasteiger charge is 2.23. The maximum atomic E-state index is 13.5. The van der Waals surface area contributed by atoms with E-state index in [4.69, 9.17) is 14.5 Å². The molecule has 2 aromatic carbocycles. The summed E-state index contributed by atoms with van der Waals surface area (Å²) in [5.74, 6) is 0.134. The standard InChI is InChI=1S/C21H19N3O4S/c1-12(20(26)28-3)29-21-23-17-13-8-4-5-9-14(13)22-18(17)19(25)24(21)15-10-6-7-11-16(15)27-2/h4-12,22H,1-3H3/t12-/m1/s1. The van der Waals surface area contributed by atoms with Crippen molar-refractivity contribution in [2.24, 2.45) is 0 Å². The first kappa shape index (κ1) is 19.1. The van der Waals surface area contributed by atoms with Crippen molar-refractivity contribution in [1.29, 1.82) is 0 Å². The van der Waals surface area contributed by atoms with Crippen molar-refractivity contribution < 1.29 is 14.3 Å². The number of methoxy groups -OCH3 is 2. The monoisotopic (exact) mass is 409 g/mol. The average molecular weight is 409 g/mol. The second-order valence-corrected chi connectivity index (χ2v) is 7.69. The van der Waals surface area contributed by atoms with Crippen molar-refractivity contribution in [3.05, 3.63) is 58.9 Å². The maximum absolute atomic E-state index is 13.5. The number of ether oxygens (including phenoxy) is 2. The molecule has 0 aliphatic carbocycles. The van der Waals surface area contributed by atoms with Gasteiger partial charge in [0.1, 0.15) is 22.0 Å². The molecule has 0 fully saturated rings. The third-order valence-corrected chi connectivity index (χ3v) is 5.67. The fourth-order valence-electron chi connectivity index (χ4n) is 3.22. The van der Waals surface area contributed by atoms with Crippen LogP contribution in [0.5, 0.6) is 5.75 Å². The minimum atomic E-state index is -0.546. The largest absolute Gasteiger partial charge is 0.495 e. The third-order valence-electron chi connectivity index (χ3n) is 4.64. The molecule has 148 valence electrons. The zero-order valence-electron chi connectivity index (χ0n) is 16.1. The summed E-state index contributed by atoms with van der Waals surface area (Å²) >= 11 is 1.17. The van der Waals surface area contributed by atoms with Crippen LogP contribution in [-0.2, 0) is 9.53 Å². The molecule has 2 heterocycles. The van der Waals surface area contributed by atoms with Gasteiger partial charge in [-0.3, -0.25) is 9.59 Å². The number of nitrogens with one attached hydrogen (secondary N) is 1. The molecule has 0 aliphatic rings. The summed E-state index contributed by atoms with van der Waals surface area (Å²) < 4.78 is 11.8. The van der Waals surface area contributed by atoms with Gasteiger partial charge in [-0.25, -0.2) is 9.55 Å². The van der Waals surface area contributed by atoms with Gasteiger partial charge in [0.05, 0.1) is 19.9 Å². The van der Waals surface area contributed by atoms with Crippen LogP contribution in [0.15, 0.2) is 58.5 Å². The van der Waals surface area contributed by atoms with Crippen molar-refractivity contribution in [2.75, 3.05) is 14.2 Å². The van der Waals surface area contributed by atoms with Gasteiger partial charge >= 0.3 is 5.97 Å².